The lowest BCUT2D eigenvalue weighted by molar-refractivity contribution is -0.126. The summed E-state index contributed by atoms with van der Waals surface area (Å²) in [5, 5.41) is 5.37. The zero-order chi connectivity index (χ0) is 19.8. The highest BCUT2D eigenvalue weighted by Gasteiger charge is 2.18. The van der Waals surface area contributed by atoms with Crippen LogP contribution in [0, 0.1) is 5.82 Å². The molecule has 0 saturated heterocycles. The Labute approximate surface area is 162 Å². The predicted octanol–water partition coefficient (Wildman–Crippen LogP) is 4.65. The van der Waals surface area contributed by atoms with E-state index in [4.69, 9.17) is 16.3 Å². The number of amides is 2. The van der Waals surface area contributed by atoms with Gasteiger partial charge in [0.25, 0.3) is 11.8 Å². The van der Waals surface area contributed by atoms with Crippen molar-refractivity contribution in [3.05, 3.63) is 71.5 Å². The van der Waals surface area contributed by atoms with Gasteiger partial charge in [0.05, 0.1) is 28.6 Å². The minimum Gasteiger partial charge on any atom is -0.368 e. The van der Waals surface area contributed by atoms with E-state index in [1.54, 1.807) is 37.3 Å². The van der Waals surface area contributed by atoms with E-state index in [0.717, 1.165) is 6.07 Å². The molecule has 142 valence electrons. The van der Waals surface area contributed by atoms with Gasteiger partial charge < -0.3 is 15.4 Å². The molecule has 5 nitrogen and oxygen atoms in total. The van der Waals surface area contributed by atoms with Gasteiger partial charge in [-0.15, -0.1) is 6.58 Å². The zero-order valence-corrected chi connectivity index (χ0v) is 15.6. The lowest BCUT2D eigenvalue weighted by Crippen LogP contribution is -2.29. The largest absolute Gasteiger partial charge is 0.368 e. The fraction of sp³-hybridized carbons (Fsp3) is 0.200. The average Bonchev–Trinajstić information content (AvgIpc) is 2.64. The first-order valence-corrected chi connectivity index (χ1v) is 8.69. The minimum absolute atomic E-state index is 0.0779. The van der Waals surface area contributed by atoms with Crippen LogP contribution in [-0.2, 0) is 9.53 Å². The van der Waals surface area contributed by atoms with Crippen LogP contribution in [0.15, 0.2) is 55.1 Å². The summed E-state index contributed by atoms with van der Waals surface area (Å²) in [6.45, 7) is 5.59. The van der Waals surface area contributed by atoms with Gasteiger partial charge in [0.2, 0.25) is 0 Å². The number of anilines is 2. The second-order valence-electron chi connectivity index (χ2n) is 5.70. The van der Waals surface area contributed by atoms with Gasteiger partial charge in [-0.2, -0.15) is 0 Å². The lowest BCUT2D eigenvalue weighted by atomic mass is 10.1. The summed E-state index contributed by atoms with van der Waals surface area (Å²) in [6, 6.07) is 10.2. The van der Waals surface area contributed by atoms with Crippen molar-refractivity contribution >= 4 is 34.8 Å². The topological polar surface area (TPSA) is 67.4 Å². The highest BCUT2D eigenvalue weighted by Crippen LogP contribution is 2.24. The Morgan fingerprint density at radius 1 is 1.22 bits per heavy atom. The second kappa shape index (κ2) is 9.85. The van der Waals surface area contributed by atoms with Crippen molar-refractivity contribution in [2.24, 2.45) is 0 Å². The molecule has 2 N–H and O–H groups in total. The fourth-order valence-corrected chi connectivity index (χ4v) is 2.42. The zero-order valence-electron chi connectivity index (χ0n) is 14.8. The molecule has 0 fully saturated rings. The van der Waals surface area contributed by atoms with Gasteiger partial charge in [-0.25, -0.2) is 4.39 Å². The van der Waals surface area contributed by atoms with Crippen LogP contribution in [0.1, 0.15) is 23.7 Å². The molecule has 2 aromatic carbocycles. The van der Waals surface area contributed by atoms with E-state index in [-0.39, 0.29) is 22.2 Å². The number of nitrogens with one attached hydrogen (secondary N) is 2. The SMILES string of the molecule is C=CCCOC(C)C(=O)Nc1ccccc1C(=O)Nc1ccc(F)cc1Cl. The van der Waals surface area contributed by atoms with Gasteiger partial charge in [0, 0.05) is 0 Å². The maximum absolute atomic E-state index is 13.1. The summed E-state index contributed by atoms with van der Waals surface area (Å²) in [5.74, 6) is -1.37. The van der Waals surface area contributed by atoms with Crippen LogP contribution in [-0.4, -0.2) is 24.5 Å². The van der Waals surface area contributed by atoms with E-state index < -0.39 is 17.8 Å². The highest BCUT2D eigenvalue weighted by atomic mass is 35.5. The Hall–Kier alpha value is -2.70. The lowest BCUT2D eigenvalue weighted by Gasteiger charge is -2.15. The van der Waals surface area contributed by atoms with E-state index in [0.29, 0.717) is 18.7 Å². The molecule has 0 aromatic heterocycles. The number of carbonyl (C=O) groups is 2. The van der Waals surface area contributed by atoms with Crippen LogP contribution < -0.4 is 10.6 Å². The Kier molecular flexibility index (Phi) is 7.52. The molecular weight excluding hydrogens is 371 g/mol. The number of hydrogen-bond donors (Lipinski definition) is 2. The maximum atomic E-state index is 13.1. The standard InChI is InChI=1S/C20H20ClFN2O3/c1-3-4-11-27-13(2)19(25)23-17-8-6-5-7-15(17)20(26)24-18-10-9-14(22)12-16(18)21/h3,5-10,12-13H,1,4,11H2,2H3,(H,23,25)(H,24,26). The molecule has 1 unspecified atom stereocenters. The van der Waals surface area contributed by atoms with Crippen molar-refractivity contribution < 1.29 is 18.7 Å². The van der Waals surface area contributed by atoms with Gasteiger partial charge in [-0.05, 0) is 43.7 Å². The number of benzene rings is 2. The minimum atomic E-state index is -0.687. The number of para-hydroxylation sites is 1. The smallest absolute Gasteiger partial charge is 0.257 e. The van der Waals surface area contributed by atoms with Crippen molar-refractivity contribution in [2.45, 2.75) is 19.4 Å². The summed E-state index contributed by atoms with van der Waals surface area (Å²) in [6.07, 6.45) is 1.65. The van der Waals surface area contributed by atoms with Crippen LogP contribution >= 0.6 is 11.6 Å². The number of ether oxygens (including phenoxy) is 1. The Balaban J connectivity index is 2.11. The van der Waals surface area contributed by atoms with Crippen LogP contribution in [0.5, 0.6) is 0 Å². The summed E-state index contributed by atoms with van der Waals surface area (Å²) in [7, 11) is 0. The van der Waals surface area contributed by atoms with Crippen molar-refractivity contribution in [2.75, 3.05) is 17.2 Å². The van der Waals surface area contributed by atoms with Gasteiger partial charge in [-0.1, -0.05) is 29.8 Å². The molecule has 0 bridgehead atoms. The van der Waals surface area contributed by atoms with Gasteiger partial charge in [-0.3, -0.25) is 9.59 Å². The van der Waals surface area contributed by atoms with Gasteiger partial charge in [0.15, 0.2) is 0 Å². The Bertz CT molecular complexity index is 842. The van der Waals surface area contributed by atoms with E-state index in [1.165, 1.54) is 12.1 Å². The number of hydrogen-bond acceptors (Lipinski definition) is 3. The monoisotopic (exact) mass is 390 g/mol. The summed E-state index contributed by atoms with van der Waals surface area (Å²) < 4.78 is 18.5. The molecule has 0 heterocycles. The maximum Gasteiger partial charge on any atom is 0.257 e. The predicted molar refractivity (Wildman–Crippen MR) is 105 cm³/mol. The first-order chi connectivity index (χ1) is 12.9. The quantitative estimate of drug-likeness (QED) is 0.509. The summed E-state index contributed by atoms with van der Waals surface area (Å²) in [4.78, 5) is 24.9. The third kappa shape index (κ3) is 5.91. The van der Waals surface area contributed by atoms with E-state index >= 15 is 0 Å². The number of carbonyl (C=O) groups excluding carboxylic acids is 2. The Morgan fingerprint density at radius 2 is 1.96 bits per heavy atom. The summed E-state index contributed by atoms with van der Waals surface area (Å²) in [5.41, 5.74) is 0.840. The first kappa shape index (κ1) is 20.6. The molecule has 1 atom stereocenters. The number of halogens is 2. The first-order valence-electron chi connectivity index (χ1n) is 8.31. The molecular formula is C20H20ClFN2O3. The molecule has 2 rings (SSSR count). The molecule has 2 amide bonds. The second-order valence-corrected chi connectivity index (χ2v) is 6.11. The van der Waals surface area contributed by atoms with Crippen LogP contribution in [0.25, 0.3) is 0 Å². The van der Waals surface area contributed by atoms with Crippen molar-refractivity contribution in [3.63, 3.8) is 0 Å². The molecule has 0 aliphatic heterocycles. The normalized spacial score (nSPS) is 11.5. The molecule has 0 aliphatic carbocycles. The van der Waals surface area contributed by atoms with Crippen molar-refractivity contribution in [1.82, 2.24) is 0 Å². The average molecular weight is 391 g/mol. The third-order valence-corrected chi connectivity index (χ3v) is 3.98. The third-order valence-electron chi connectivity index (χ3n) is 3.67. The van der Waals surface area contributed by atoms with E-state index in [1.807, 2.05) is 0 Å². The Morgan fingerprint density at radius 3 is 2.67 bits per heavy atom. The van der Waals surface area contributed by atoms with E-state index in [2.05, 4.69) is 17.2 Å². The number of rotatable bonds is 8. The fourth-order valence-electron chi connectivity index (χ4n) is 2.21. The molecule has 0 spiro atoms. The van der Waals surface area contributed by atoms with Crippen LogP contribution in [0.3, 0.4) is 0 Å². The molecule has 0 saturated carbocycles. The summed E-state index contributed by atoms with van der Waals surface area (Å²) >= 11 is 5.94. The molecule has 27 heavy (non-hydrogen) atoms. The molecule has 0 radical (unpaired) electrons. The van der Waals surface area contributed by atoms with Gasteiger partial charge >= 0.3 is 0 Å². The van der Waals surface area contributed by atoms with Crippen LogP contribution in [0.4, 0.5) is 15.8 Å². The van der Waals surface area contributed by atoms with Gasteiger partial charge in [0.1, 0.15) is 11.9 Å². The van der Waals surface area contributed by atoms with Crippen molar-refractivity contribution in [1.29, 1.82) is 0 Å². The van der Waals surface area contributed by atoms with Crippen molar-refractivity contribution in [3.8, 4) is 0 Å². The molecule has 2 aromatic rings. The van der Waals surface area contributed by atoms with Crippen LogP contribution in [0.2, 0.25) is 5.02 Å². The molecule has 7 heteroatoms. The van der Waals surface area contributed by atoms with E-state index in [9.17, 15) is 14.0 Å². The highest BCUT2D eigenvalue weighted by molar-refractivity contribution is 6.34. The molecule has 0 aliphatic rings.